The Morgan fingerprint density at radius 3 is 2.58 bits per heavy atom. The average molecular weight is 494 g/mol. The number of fused-ring (bicyclic) bond motifs is 1. The number of carbonyl (C=O) groups is 2. The molecule has 0 spiro atoms. The Hall–Kier alpha value is -3.47. The molecule has 2 amide bonds. The van der Waals surface area contributed by atoms with Gasteiger partial charge in [-0.3, -0.25) is 19.4 Å². The molecule has 10 nitrogen and oxygen atoms in total. The number of piperazine rings is 1. The van der Waals surface area contributed by atoms with Gasteiger partial charge in [-0.25, -0.2) is 5.01 Å². The maximum absolute atomic E-state index is 13.4. The number of furan rings is 2. The largest absolute Gasteiger partial charge is 0.467 e. The summed E-state index contributed by atoms with van der Waals surface area (Å²) in [5, 5.41) is 10.1. The number of carbonyl (C=O) groups excluding carboxylic acids is 2. The van der Waals surface area contributed by atoms with Crippen LogP contribution < -0.4 is 5.32 Å². The van der Waals surface area contributed by atoms with Gasteiger partial charge in [0.25, 0.3) is 5.91 Å². The third-order valence-corrected chi connectivity index (χ3v) is 6.57. The second-order valence-electron chi connectivity index (χ2n) is 9.06. The highest BCUT2D eigenvalue weighted by molar-refractivity contribution is 6.03. The first-order chi connectivity index (χ1) is 17.6. The lowest BCUT2D eigenvalue weighted by Gasteiger charge is -2.34. The second kappa shape index (κ2) is 11.1. The van der Waals surface area contributed by atoms with E-state index >= 15 is 0 Å². The van der Waals surface area contributed by atoms with Crippen LogP contribution in [-0.2, 0) is 14.3 Å². The molecule has 1 unspecified atom stereocenters. The Kier molecular flexibility index (Phi) is 7.45. The Morgan fingerprint density at radius 1 is 1.08 bits per heavy atom. The molecule has 190 valence electrons. The summed E-state index contributed by atoms with van der Waals surface area (Å²) >= 11 is 0. The van der Waals surface area contributed by atoms with Gasteiger partial charge in [0, 0.05) is 51.6 Å². The van der Waals surface area contributed by atoms with Crippen LogP contribution in [0.4, 0.5) is 0 Å². The first-order valence-corrected chi connectivity index (χ1v) is 12.2. The van der Waals surface area contributed by atoms with E-state index in [1.165, 1.54) is 5.01 Å². The van der Waals surface area contributed by atoms with Crippen molar-refractivity contribution in [2.45, 2.75) is 12.5 Å². The topological polar surface area (TPSA) is 104 Å². The number of nitrogens with one attached hydrogen (secondary N) is 1. The van der Waals surface area contributed by atoms with Gasteiger partial charge in [0.1, 0.15) is 23.1 Å². The Labute approximate surface area is 209 Å². The second-order valence-corrected chi connectivity index (χ2v) is 9.06. The number of benzene rings is 1. The third kappa shape index (κ3) is 5.51. The predicted octanol–water partition coefficient (Wildman–Crippen LogP) is 2.08. The summed E-state index contributed by atoms with van der Waals surface area (Å²) in [6, 6.07) is 13.2. The number of methoxy groups -OCH3 is 1. The quantitative estimate of drug-likeness (QED) is 0.455. The van der Waals surface area contributed by atoms with Gasteiger partial charge in [-0.15, -0.1) is 0 Å². The number of hydrogen-bond donors (Lipinski definition) is 1. The van der Waals surface area contributed by atoms with Gasteiger partial charge in [0.15, 0.2) is 5.76 Å². The van der Waals surface area contributed by atoms with E-state index in [0.717, 1.165) is 29.8 Å². The fraction of sp³-hybridized carbons (Fsp3) is 0.423. The minimum Gasteiger partial charge on any atom is -0.467 e. The number of para-hydroxylation sites is 1. The number of hydrazone groups is 1. The lowest BCUT2D eigenvalue weighted by atomic mass is 10.1. The van der Waals surface area contributed by atoms with Gasteiger partial charge >= 0.3 is 0 Å². The first-order valence-electron chi connectivity index (χ1n) is 12.2. The summed E-state index contributed by atoms with van der Waals surface area (Å²) in [7, 11) is 1.61. The van der Waals surface area contributed by atoms with Crippen molar-refractivity contribution in [3.05, 3.63) is 60.2 Å². The number of rotatable bonds is 9. The fourth-order valence-electron chi connectivity index (χ4n) is 4.64. The van der Waals surface area contributed by atoms with E-state index in [1.54, 1.807) is 13.4 Å². The van der Waals surface area contributed by atoms with E-state index in [-0.39, 0.29) is 24.4 Å². The first kappa shape index (κ1) is 24.2. The molecule has 1 saturated heterocycles. The summed E-state index contributed by atoms with van der Waals surface area (Å²) in [4.78, 5) is 29.7. The van der Waals surface area contributed by atoms with E-state index in [1.807, 2.05) is 42.5 Å². The zero-order valence-electron chi connectivity index (χ0n) is 20.4. The van der Waals surface area contributed by atoms with Crippen molar-refractivity contribution in [1.82, 2.24) is 20.1 Å². The average Bonchev–Trinajstić information content (AvgIpc) is 3.64. The Morgan fingerprint density at radius 2 is 1.86 bits per heavy atom. The van der Waals surface area contributed by atoms with Gasteiger partial charge < -0.3 is 18.9 Å². The molecular weight excluding hydrogens is 462 g/mol. The zero-order valence-corrected chi connectivity index (χ0v) is 20.4. The van der Waals surface area contributed by atoms with E-state index in [9.17, 15) is 9.59 Å². The molecule has 1 N–H and O–H groups in total. The molecule has 0 aliphatic carbocycles. The Balaban J connectivity index is 1.21. The van der Waals surface area contributed by atoms with Gasteiger partial charge in [0.05, 0.1) is 26.0 Å². The monoisotopic (exact) mass is 493 g/mol. The summed E-state index contributed by atoms with van der Waals surface area (Å²) in [6.07, 6.45) is 2.13. The highest BCUT2D eigenvalue weighted by Crippen LogP contribution is 2.34. The molecule has 3 aromatic rings. The van der Waals surface area contributed by atoms with Crippen molar-refractivity contribution in [3.63, 3.8) is 0 Å². The van der Waals surface area contributed by atoms with Crippen LogP contribution in [0.1, 0.15) is 24.0 Å². The predicted molar refractivity (Wildman–Crippen MR) is 133 cm³/mol. The van der Waals surface area contributed by atoms with E-state index in [0.29, 0.717) is 50.7 Å². The highest BCUT2D eigenvalue weighted by atomic mass is 16.5. The molecule has 10 heteroatoms. The van der Waals surface area contributed by atoms with Gasteiger partial charge in [-0.05, 0) is 24.3 Å². The molecular formula is C26H31N5O5. The van der Waals surface area contributed by atoms with Crippen molar-refractivity contribution >= 4 is 28.5 Å². The molecule has 0 bridgehead atoms. The van der Waals surface area contributed by atoms with Crippen molar-refractivity contribution in [3.8, 4) is 0 Å². The third-order valence-electron chi connectivity index (χ3n) is 6.57. The van der Waals surface area contributed by atoms with Crippen LogP contribution in [-0.4, -0.2) is 91.9 Å². The van der Waals surface area contributed by atoms with Crippen LogP contribution in [0.3, 0.4) is 0 Å². The van der Waals surface area contributed by atoms with Crippen molar-refractivity contribution < 1.29 is 23.2 Å². The van der Waals surface area contributed by atoms with E-state index < -0.39 is 0 Å². The molecule has 0 saturated carbocycles. The van der Waals surface area contributed by atoms with Crippen molar-refractivity contribution in [2.24, 2.45) is 5.10 Å². The number of amides is 2. The lowest BCUT2D eigenvalue weighted by Crippen LogP contribution is -2.51. The maximum atomic E-state index is 13.4. The molecule has 2 aliphatic heterocycles. The van der Waals surface area contributed by atoms with Crippen molar-refractivity contribution in [2.75, 3.05) is 59.5 Å². The minimum atomic E-state index is -0.312. The lowest BCUT2D eigenvalue weighted by molar-refractivity contribution is -0.135. The molecule has 1 aromatic carbocycles. The smallest absolute Gasteiger partial charge is 0.257 e. The van der Waals surface area contributed by atoms with Gasteiger partial charge in [-0.1, -0.05) is 18.2 Å². The van der Waals surface area contributed by atoms with E-state index in [4.69, 9.17) is 18.7 Å². The van der Waals surface area contributed by atoms with Crippen LogP contribution in [0.2, 0.25) is 0 Å². The highest BCUT2D eigenvalue weighted by Gasteiger charge is 2.36. The van der Waals surface area contributed by atoms with Gasteiger partial charge in [0.2, 0.25) is 5.91 Å². The molecule has 2 aliphatic rings. The standard InChI is InChI=1S/C26H31N5O5/c1-34-14-8-27-25(32)17-29-9-11-30(12-10-29)18-26(33)31-21(23-7-4-13-35-23)16-20(28-31)24-15-19-5-2-3-6-22(19)36-24/h2-7,13,15,21H,8-12,14,16-18H2,1H3,(H,27,32). The Bertz CT molecular complexity index is 1180. The number of nitrogens with zero attached hydrogens (tertiary/aromatic N) is 4. The van der Waals surface area contributed by atoms with Gasteiger partial charge in [-0.2, -0.15) is 5.10 Å². The van der Waals surface area contributed by atoms with Crippen LogP contribution in [0.5, 0.6) is 0 Å². The molecule has 0 radical (unpaired) electrons. The van der Waals surface area contributed by atoms with Crippen molar-refractivity contribution in [1.29, 1.82) is 0 Å². The number of hydrogen-bond acceptors (Lipinski definition) is 8. The summed E-state index contributed by atoms with van der Waals surface area (Å²) in [5.74, 6) is 1.26. The molecule has 5 rings (SSSR count). The fourth-order valence-corrected chi connectivity index (χ4v) is 4.64. The molecule has 36 heavy (non-hydrogen) atoms. The minimum absolute atomic E-state index is 0.0117. The van der Waals surface area contributed by atoms with Crippen LogP contribution in [0, 0.1) is 0 Å². The van der Waals surface area contributed by atoms with Crippen LogP contribution >= 0.6 is 0 Å². The number of ether oxygens (including phenoxy) is 1. The molecule has 4 heterocycles. The van der Waals surface area contributed by atoms with Crippen LogP contribution in [0.15, 0.2) is 62.7 Å². The normalized spacial score (nSPS) is 19.1. The summed E-state index contributed by atoms with van der Waals surface area (Å²) < 4.78 is 16.6. The zero-order chi connectivity index (χ0) is 24.9. The molecule has 1 atom stereocenters. The van der Waals surface area contributed by atoms with E-state index in [2.05, 4.69) is 15.1 Å². The molecule has 1 fully saturated rings. The summed E-state index contributed by atoms with van der Waals surface area (Å²) in [6.45, 7) is 4.46. The maximum Gasteiger partial charge on any atom is 0.257 e. The SMILES string of the molecule is COCCNC(=O)CN1CCN(CC(=O)N2N=C(c3cc4ccccc4o3)CC2c2ccco2)CC1. The molecule has 2 aromatic heterocycles. The summed E-state index contributed by atoms with van der Waals surface area (Å²) in [5.41, 5.74) is 1.52. The van der Waals surface area contributed by atoms with Crippen LogP contribution in [0.25, 0.3) is 11.0 Å².